The molecule has 0 saturated heterocycles. The summed E-state index contributed by atoms with van der Waals surface area (Å²) in [6.07, 6.45) is 0. The Bertz CT molecular complexity index is 379. The minimum atomic E-state index is 0.0824. The van der Waals surface area contributed by atoms with Gasteiger partial charge in [-0.1, -0.05) is 39.8 Å². The van der Waals surface area contributed by atoms with Crippen molar-refractivity contribution < 1.29 is 0 Å². The second-order valence-electron chi connectivity index (χ2n) is 6.19. The van der Waals surface area contributed by atoms with Gasteiger partial charge in [-0.05, 0) is 48.1 Å². The SMILES string of the molecule is CCNCC(N)c1c(C)cc(C(C)(C)C)cc1C. The van der Waals surface area contributed by atoms with E-state index in [4.69, 9.17) is 5.73 Å². The van der Waals surface area contributed by atoms with Gasteiger partial charge in [-0.25, -0.2) is 0 Å². The molecule has 0 fully saturated rings. The van der Waals surface area contributed by atoms with Gasteiger partial charge in [0.2, 0.25) is 0 Å². The number of hydrogen-bond acceptors (Lipinski definition) is 2. The summed E-state index contributed by atoms with van der Waals surface area (Å²) in [5.41, 5.74) is 11.8. The molecule has 0 amide bonds. The largest absolute Gasteiger partial charge is 0.323 e. The lowest BCUT2D eigenvalue weighted by molar-refractivity contribution is 0.584. The Hall–Kier alpha value is -0.860. The zero-order chi connectivity index (χ0) is 13.9. The van der Waals surface area contributed by atoms with Crippen molar-refractivity contribution in [3.8, 4) is 0 Å². The van der Waals surface area contributed by atoms with Gasteiger partial charge in [0.05, 0.1) is 0 Å². The molecule has 1 aromatic rings. The van der Waals surface area contributed by atoms with Gasteiger partial charge in [0.1, 0.15) is 0 Å². The summed E-state index contributed by atoms with van der Waals surface area (Å²) in [5, 5.41) is 3.32. The molecular formula is C16H28N2. The first-order valence-corrected chi connectivity index (χ1v) is 6.85. The molecule has 1 aromatic carbocycles. The van der Waals surface area contributed by atoms with Crippen LogP contribution in [-0.4, -0.2) is 13.1 Å². The van der Waals surface area contributed by atoms with Gasteiger partial charge in [-0.3, -0.25) is 0 Å². The Morgan fingerprint density at radius 3 is 2.06 bits per heavy atom. The molecule has 1 atom stereocenters. The first-order valence-electron chi connectivity index (χ1n) is 6.85. The summed E-state index contributed by atoms with van der Waals surface area (Å²) >= 11 is 0. The second-order valence-corrected chi connectivity index (χ2v) is 6.19. The highest BCUT2D eigenvalue weighted by atomic mass is 14.9. The van der Waals surface area contributed by atoms with E-state index < -0.39 is 0 Å². The maximum absolute atomic E-state index is 6.28. The fourth-order valence-corrected chi connectivity index (χ4v) is 2.39. The first kappa shape index (κ1) is 15.2. The van der Waals surface area contributed by atoms with Crippen molar-refractivity contribution in [3.63, 3.8) is 0 Å². The molecule has 18 heavy (non-hydrogen) atoms. The molecule has 0 spiro atoms. The predicted octanol–water partition coefficient (Wildman–Crippen LogP) is 3.21. The summed E-state index contributed by atoms with van der Waals surface area (Å²) in [7, 11) is 0. The molecule has 1 rings (SSSR count). The minimum Gasteiger partial charge on any atom is -0.323 e. The van der Waals surface area contributed by atoms with E-state index in [1.807, 2.05) is 0 Å². The van der Waals surface area contributed by atoms with Crippen molar-refractivity contribution in [3.05, 3.63) is 34.4 Å². The third-order valence-corrected chi connectivity index (χ3v) is 3.44. The van der Waals surface area contributed by atoms with Gasteiger partial charge in [-0.15, -0.1) is 0 Å². The molecule has 0 aliphatic carbocycles. The average molecular weight is 248 g/mol. The molecule has 0 bridgehead atoms. The molecule has 2 nitrogen and oxygen atoms in total. The van der Waals surface area contributed by atoms with Crippen LogP contribution in [0.2, 0.25) is 0 Å². The van der Waals surface area contributed by atoms with Crippen molar-refractivity contribution in [2.75, 3.05) is 13.1 Å². The summed E-state index contributed by atoms with van der Waals surface area (Å²) in [6.45, 7) is 15.0. The maximum Gasteiger partial charge on any atom is 0.0426 e. The van der Waals surface area contributed by atoms with Gasteiger partial charge >= 0.3 is 0 Å². The lowest BCUT2D eigenvalue weighted by atomic mass is 9.83. The van der Waals surface area contributed by atoms with E-state index in [9.17, 15) is 0 Å². The number of likely N-dealkylation sites (N-methyl/N-ethyl adjacent to an activating group) is 1. The molecule has 0 aliphatic rings. The van der Waals surface area contributed by atoms with Crippen LogP contribution in [-0.2, 0) is 5.41 Å². The number of hydrogen-bond donors (Lipinski definition) is 2. The van der Waals surface area contributed by atoms with Crippen LogP contribution in [0.1, 0.15) is 56.0 Å². The Labute approximate surface area is 112 Å². The fourth-order valence-electron chi connectivity index (χ4n) is 2.39. The van der Waals surface area contributed by atoms with Crippen LogP contribution in [0.3, 0.4) is 0 Å². The summed E-state index contributed by atoms with van der Waals surface area (Å²) < 4.78 is 0. The molecule has 2 heteroatoms. The molecule has 0 aromatic heterocycles. The molecular weight excluding hydrogens is 220 g/mol. The van der Waals surface area contributed by atoms with Crippen molar-refractivity contribution in [1.82, 2.24) is 5.32 Å². The van der Waals surface area contributed by atoms with E-state index in [-0.39, 0.29) is 11.5 Å². The van der Waals surface area contributed by atoms with Crippen LogP contribution in [0.15, 0.2) is 12.1 Å². The highest BCUT2D eigenvalue weighted by molar-refractivity contribution is 5.42. The Kier molecular flexibility index (Phi) is 4.94. The van der Waals surface area contributed by atoms with E-state index in [1.54, 1.807) is 0 Å². The summed E-state index contributed by atoms with van der Waals surface area (Å²) in [4.78, 5) is 0. The number of aryl methyl sites for hydroxylation is 2. The third-order valence-electron chi connectivity index (χ3n) is 3.44. The first-order chi connectivity index (χ1) is 8.27. The van der Waals surface area contributed by atoms with Gasteiger partial charge in [0, 0.05) is 12.6 Å². The normalized spacial score (nSPS) is 13.7. The Morgan fingerprint density at radius 2 is 1.67 bits per heavy atom. The van der Waals surface area contributed by atoms with Crippen molar-refractivity contribution >= 4 is 0 Å². The number of nitrogens with one attached hydrogen (secondary N) is 1. The van der Waals surface area contributed by atoms with Crippen LogP contribution in [0.5, 0.6) is 0 Å². The minimum absolute atomic E-state index is 0.0824. The van der Waals surface area contributed by atoms with Crippen molar-refractivity contribution in [2.24, 2.45) is 5.73 Å². The lowest BCUT2D eigenvalue weighted by Gasteiger charge is -2.24. The topological polar surface area (TPSA) is 38.0 Å². The quantitative estimate of drug-likeness (QED) is 0.858. The molecule has 102 valence electrons. The smallest absolute Gasteiger partial charge is 0.0426 e. The zero-order valence-corrected chi connectivity index (χ0v) is 12.7. The lowest BCUT2D eigenvalue weighted by Crippen LogP contribution is -2.28. The summed E-state index contributed by atoms with van der Waals surface area (Å²) in [5.74, 6) is 0. The highest BCUT2D eigenvalue weighted by Crippen LogP contribution is 2.28. The van der Waals surface area contributed by atoms with Crippen molar-refractivity contribution in [2.45, 2.75) is 53.0 Å². The molecule has 0 saturated carbocycles. The van der Waals surface area contributed by atoms with Crippen LogP contribution >= 0.6 is 0 Å². The predicted molar refractivity (Wildman–Crippen MR) is 80.1 cm³/mol. The standard InChI is InChI=1S/C16H28N2/c1-7-18-10-14(17)15-11(2)8-13(9-12(15)3)16(4,5)6/h8-9,14,18H,7,10,17H2,1-6H3. The molecule has 0 aliphatic heterocycles. The molecule has 1 unspecified atom stereocenters. The number of rotatable bonds is 4. The molecule has 0 radical (unpaired) electrons. The fraction of sp³-hybridized carbons (Fsp3) is 0.625. The van der Waals surface area contributed by atoms with Crippen LogP contribution in [0, 0.1) is 13.8 Å². The van der Waals surface area contributed by atoms with E-state index in [0.29, 0.717) is 0 Å². The van der Waals surface area contributed by atoms with E-state index in [1.165, 1.54) is 22.3 Å². The number of benzene rings is 1. The van der Waals surface area contributed by atoms with Gasteiger partial charge in [0.25, 0.3) is 0 Å². The zero-order valence-electron chi connectivity index (χ0n) is 12.7. The maximum atomic E-state index is 6.28. The van der Waals surface area contributed by atoms with Crippen LogP contribution in [0.4, 0.5) is 0 Å². The number of nitrogens with two attached hydrogens (primary N) is 1. The highest BCUT2D eigenvalue weighted by Gasteiger charge is 2.18. The molecule has 0 heterocycles. The molecule has 3 N–H and O–H groups in total. The third kappa shape index (κ3) is 3.56. The van der Waals surface area contributed by atoms with E-state index in [2.05, 4.69) is 59.0 Å². The Balaban J connectivity index is 3.09. The van der Waals surface area contributed by atoms with Gasteiger partial charge in [0.15, 0.2) is 0 Å². The van der Waals surface area contributed by atoms with E-state index in [0.717, 1.165) is 13.1 Å². The Morgan fingerprint density at radius 1 is 1.17 bits per heavy atom. The van der Waals surface area contributed by atoms with Crippen molar-refractivity contribution in [1.29, 1.82) is 0 Å². The van der Waals surface area contributed by atoms with Crippen LogP contribution < -0.4 is 11.1 Å². The monoisotopic (exact) mass is 248 g/mol. The average Bonchev–Trinajstić information content (AvgIpc) is 2.24. The van der Waals surface area contributed by atoms with Gasteiger partial charge in [-0.2, -0.15) is 0 Å². The summed E-state index contributed by atoms with van der Waals surface area (Å²) in [6, 6.07) is 4.65. The van der Waals surface area contributed by atoms with Gasteiger partial charge < -0.3 is 11.1 Å². The van der Waals surface area contributed by atoms with E-state index >= 15 is 0 Å². The van der Waals surface area contributed by atoms with Crippen LogP contribution in [0.25, 0.3) is 0 Å². The second kappa shape index (κ2) is 5.85.